The number of benzene rings is 1. The van der Waals surface area contributed by atoms with E-state index < -0.39 is 17.2 Å². The van der Waals surface area contributed by atoms with Gasteiger partial charge in [0.2, 0.25) is 0 Å². The maximum absolute atomic E-state index is 11.4. The normalized spacial score (nSPS) is 9.63. The first kappa shape index (κ1) is 15.0. The maximum atomic E-state index is 11.4. The summed E-state index contributed by atoms with van der Waals surface area (Å²) in [5.74, 6) is -1.15. The Morgan fingerprint density at radius 3 is 1.84 bits per heavy atom. The van der Waals surface area contributed by atoms with Gasteiger partial charge < -0.3 is 14.2 Å². The fourth-order valence-electron chi connectivity index (χ4n) is 1.29. The average Bonchev–Trinajstić information content (AvgIpc) is 2.42. The molecule has 6 nitrogen and oxygen atoms in total. The Labute approximate surface area is 114 Å². The zero-order valence-electron chi connectivity index (χ0n) is 10.3. The maximum Gasteiger partial charge on any atom is 0.338 e. The number of carbonyl (C=O) groups is 3. The van der Waals surface area contributed by atoms with Crippen molar-refractivity contribution in [3.8, 4) is 5.75 Å². The largest absolute Gasteiger partial charge is 0.484 e. The van der Waals surface area contributed by atoms with E-state index >= 15 is 0 Å². The Balaban J connectivity index is 3.12. The summed E-state index contributed by atoms with van der Waals surface area (Å²) in [5.41, 5.74) is 0.199. The van der Waals surface area contributed by atoms with Crippen LogP contribution in [0, 0.1) is 0 Å². The van der Waals surface area contributed by atoms with Crippen LogP contribution in [0.2, 0.25) is 0 Å². The summed E-state index contributed by atoms with van der Waals surface area (Å²) in [6.45, 7) is -0.382. The third-order valence-electron chi connectivity index (χ3n) is 2.10. The highest BCUT2D eigenvalue weighted by atomic mass is 35.5. The van der Waals surface area contributed by atoms with E-state index in [-0.39, 0.29) is 23.5 Å². The van der Waals surface area contributed by atoms with Crippen LogP contribution in [0.1, 0.15) is 20.7 Å². The number of ether oxygens (including phenoxy) is 3. The van der Waals surface area contributed by atoms with E-state index in [1.807, 2.05) is 0 Å². The fraction of sp³-hybridized carbons (Fsp3) is 0.250. The van der Waals surface area contributed by atoms with Crippen LogP contribution in [-0.2, 0) is 14.3 Å². The predicted molar refractivity (Wildman–Crippen MR) is 65.5 cm³/mol. The minimum absolute atomic E-state index is 0.0995. The van der Waals surface area contributed by atoms with E-state index in [2.05, 4.69) is 9.47 Å². The number of esters is 2. The SMILES string of the molecule is COC(=O)c1cc(OCC(=O)Cl)cc(C(=O)OC)c1. The number of carbonyl (C=O) groups excluding carboxylic acids is 3. The standard InChI is InChI=1S/C12H11ClO6/c1-17-11(15)7-3-8(12(16)18-2)5-9(4-7)19-6-10(13)14/h3-5H,6H2,1-2H3. The average molecular weight is 287 g/mol. The molecule has 0 fully saturated rings. The number of hydrogen-bond donors (Lipinski definition) is 0. The van der Waals surface area contributed by atoms with Crippen LogP contribution in [0.5, 0.6) is 5.75 Å². The molecule has 0 amide bonds. The van der Waals surface area contributed by atoms with Gasteiger partial charge in [0.15, 0.2) is 6.61 Å². The summed E-state index contributed by atoms with van der Waals surface area (Å²) < 4.78 is 14.1. The molecule has 0 atom stereocenters. The number of methoxy groups -OCH3 is 2. The highest BCUT2D eigenvalue weighted by Crippen LogP contribution is 2.19. The lowest BCUT2D eigenvalue weighted by molar-refractivity contribution is -0.113. The van der Waals surface area contributed by atoms with Crippen molar-refractivity contribution in [1.82, 2.24) is 0 Å². The predicted octanol–water partition coefficient (Wildman–Crippen LogP) is 1.40. The molecule has 0 bridgehead atoms. The lowest BCUT2D eigenvalue weighted by atomic mass is 10.1. The van der Waals surface area contributed by atoms with Crippen molar-refractivity contribution in [2.45, 2.75) is 0 Å². The van der Waals surface area contributed by atoms with E-state index in [1.165, 1.54) is 32.4 Å². The van der Waals surface area contributed by atoms with Crippen molar-refractivity contribution in [3.63, 3.8) is 0 Å². The Morgan fingerprint density at radius 1 is 1.00 bits per heavy atom. The van der Waals surface area contributed by atoms with Crippen molar-refractivity contribution >= 4 is 28.8 Å². The van der Waals surface area contributed by atoms with E-state index in [9.17, 15) is 14.4 Å². The molecule has 7 heteroatoms. The first-order valence-electron chi connectivity index (χ1n) is 5.10. The lowest BCUT2D eigenvalue weighted by Gasteiger charge is -2.08. The van der Waals surface area contributed by atoms with Crippen molar-refractivity contribution < 1.29 is 28.6 Å². The van der Waals surface area contributed by atoms with Gasteiger partial charge in [-0.05, 0) is 29.8 Å². The molecule has 0 aromatic heterocycles. The smallest absolute Gasteiger partial charge is 0.338 e. The van der Waals surface area contributed by atoms with Gasteiger partial charge >= 0.3 is 11.9 Å². The fourth-order valence-corrected chi connectivity index (χ4v) is 1.35. The molecule has 0 saturated carbocycles. The molecule has 1 aromatic rings. The third-order valence-corrected chi connectivity index (χ3v) is 2.21. The van der Waals surface area contributed by atoms with E-state index in [0.29, 0.717) is 0 Å². The number of rotatable bonds is 5. The van der Waals surface area contributed by atoms with Gasteiger partial charge in [-0.3, -0.25) is 4.79 Å². The van der Waals surface area contributed by atoms with Crippen molar-refractivity contribution in [1.29, 1.82) is 0 Å². The zero-order valence-corrected chi connectivity index (χ0v) is 11.0. The highest BCUT2D eigenvalue weighted by molar-refractivity contribution is 6.63. The van der Waals surface area contributed by atoms with E-state index in [4.69, 9.17) is 16.3 Å². The molecule has 0 N–H and O–H groups in total. The van der Waals surface area contributed by atoms with Crippen LogP contribution in [-0.4, -0.2) is 38.0 Å². The van der Waals surface area contributed by atoms with Crippen molar-refractivity contribution in [2.24, 2.45) is 0 Å². The molecule has 19 heavy (non-hydrogen) atoms. The van der Waals surface area contributed by atoms with Gasteiger partial charge in [-0.1, -0.05) is 0 Å². The van der Waals surface area contributed by atoms with Gasteiger partial charge in [-0.2, -0.15) is 0 Å². The molecular formula is C12H11ClO6. The van der Waals surface area contributed by atoms with Crippen LogP contribution in [0.3, 0.4) is 0 Å². The molecule has 0 unspecified atom stereocenters. The summed E-state index contributed by atoms with van der Waals surface area (Å²) in [6, 6.07) is 3.96. The minimum atomic E-state index is -0.705. The second kappa shape index (κ2) is 6.75. The van der Waals surface area contributed by atoms with Gasteiger partial charge in [-0.25, -0.2) is 9.59 Å². The highest BCUT2D eigenvalue weighted by Gasteiger charge is 2.14. The molecule has 0 heterocycles. The zero-order chi connectivity index (χ0) is 14.4. The minimum Gasteiger partial charge on any atom is -0.484 e. The summed E-state index contributed by atoms with van der Waals surface area (Å²) in [5, 5.41) is -0.705. The quantitative estimate of drug-likeness (QED) is 0.601. The Morgan fingerprint density at radius 2 is 1.47 bits per heavy atom. The van der Waals surface area contributed by atoms with Crippen LogP contribution in [0.4, 0.5) is 0 Å². The molecule has 0 saturated heterocycles. The molecule has 1 rings (SSSR count). The number of hydrogen-bond acceptors (Lipinski definition) is 6. The topological polar surface area (TPSA) is 78.9 Å². The Bertz CT molecular complexity index is 477. The van der Waals surface area contributed by atoms with Gasteiger partial charge in [0.05, 0.1) is 25.3 Å². The van der Waals surface area contributed by atoms with Crippen LogP contribution < -0.4 is 4.74 Å². The van der Waals surface area contributed by atoms with Gasteiger partial charge in [0.25, 0.3) is 5.24 Å². The molecule has 0 spiro atoms. The van der Waals surface area contributed by atoms with Gasteiger partial charge in [0.1, 0.15) is 5.75 Å². The second-order valence-corrected chi connectivity index (χ2v) is 3.79. The Hall–Kier alpha value is -2.08. The molecular weight excluding hydrogens is 276 g/mol. The lowest BCUT2D eigenvalue weighted by Crippen LogP contribution is -2.09. The molecule has 0 radical (unpaired) electrons. The summed E-state index contributed by atoms with van der Waals surface area (Å²) in [4.78, 5) is 33.5. The van der Waals surface area contributed by atoms with Gasteiger partial charge in [-0.15, -0.1) is 0 Å². The molecule has 102 valence electrons. The van der Waals surface area contributed by atoms with Crippen LogP contribution in [0.25, 0.3) is 0 Å². The van der Waals surface area contributed by atoms with E-state index in [0.717, 1.165) is 0 Å². The third kappa shape index (κ3) is 4.26. The second-order valence-electron chi connectivity index (χ2n) is 3.37. The summed E-state index contributed by atoms with van der Waals surface area (Å²) in [6.07, 6.45) is 0. The Kier molecular flexibility index (Phi) is 5.32. The van der Waals surface area contributed by atoms with Crippen molar-refractivity contribution in [3.05, 3.63) is 29.3 Å². The summed E-state index contributed by atoms with van der Waals surface area (Å²) >= 11 is 5.14. The summed E-state index contributed by atoms with van der Waals surface area (Å²) in [7, 11) is 2.41. The number of halogens is 1. The van der Waals surface area contributed by atoms with Gasteiger partial charge in [0, 0.05) is 0 Å². The molecule has 0 aliphatic heterocycles. The first-order valence-corrected chi connectivity index (χ1v) is 5.48. The van der Waals surface area contributed by atoms with Crippen molar-refractivity contribution in [2.75, 3.05) is 20.8 Å². The molecule has 1 aromatic carbocycles. The monoisotopic (exact) mass is 286 g/mol. The van der Waals surface area contributed by atoms with Crippen LogP contribution in [0.15, 0.2) is 18.2 Å². The van der Waals surface area contributed by atoms with Crippen LogP contribution >= 0.6 is 11.6 Å². The first-order chi connectivity index (χ1) is 8.97. The van der Waals surface area contributed by atoms with E-state index in [1.54, 1.807) is 0 Å². The molecule has 0 aliphatic rings. The molecule has 0 aliphatic carbocycles.